The Labute approximate surface area is 115 Å². The highest BCUT2D eigenvalue weighted by molar-refractivity contribution is 6.00. The van der Waals surface area contributed by atoms with Crippen molar-refractivity contribution in [2.24, 2.45) is 0 Å². The predicted molar refractivity (Wildman–Crippen MR) is 78.2 cm³/mol. The molecular formula is C14H23N3O2. The minimum atomic E-state index is -0.176. The Balaban J connectivity index is 0.00000154. The molecule has 0 saturated carbocycles. The van der Waals surface area contributed by atoms with Crippen LogP contribution in [0.1, 0.15) is 34.6 Å². The van der Waals surface area contributed by atoms with Crippen molar-refractivity contribution in [2.45, 2.75) is 13.8 Å². The highest BCUT2D eigenvalue weighted by Gasteiger charge is 2.14. The molecule has 0 atom stereocenters. The zero-order chi connectivity index (χ0) is 15.2. The van der Waals surface area contributed by atoms with Gasteiger partial charge in [-0.2, -0.15) is 0 Å². The van der Waals surface area contributed by atoms with E-state index < -0.39 is 0 Å². The highest BCUT2D eigenvalue weighted by Crippen LogP contribution is 2.14. The second kappa shape index (κ2) is 7.41. The summed E-state index contributed by atoms with van der Waals surface area (Å²) >= 11 is 0. The maximum Gasteiger partial charge on any atom is 0.253 e. The zero-order valence-electron chi connectivity index (χ0n) is 12.5. The number of rotatable bonds is 2. The Morgan fingerprint density at radius 1 is 0.842 bits per heavy atom. The first kappa shape index (κ1) is 17.0. The summed E-state index contributed by atoms with van der Waals surface area (Å²) in [5.41, 5.74) is 6.93. The van der Waals surface area contributed by atoms with Gasteiger partial charge in [0.1, 0.15) is 0 Å². The number of nitrogens with two attached hydrogens (primary N) is 1. The lowest BCUT2D eigenvalue weighted by molar-refractivity contribution is 0.0826. The first-order chi connectivity index (χ1) is 8.82. The van der Waals surface area contributed by atoms with Gasteiger partial charge in [0.25, 0.3) is 11.8 Å². The SMILES string of the molecule is CC.CN(C)C(=O)c1cc(N)cc(C(=O)N(C)C)c1. The van der Waals surface area contributed by atoms with Crippen LogP contribution in [0.2, 0.25) is 0 Å². The summed E-state index contributed by atoms with van der Waals surface area (Å²) in [4.78, 5) is 26.5. The molecule has 1 aromatic rings. The van der Waals surface area contributed by atoms with E-state index in [1.807, 2.05) is 13.8 Å². The van der Waals surface area contributed by atoms with Gasteiger partial charge >= 0.3 is 0 Å². The molecule has 2 amide bonds. The van der Waals surface area contributed by atoms with E-state index in [0.717, 1.165) is 0 Å². The first-order valence-corrected chi connectivity index (χ1v) is 6.17. The predicted octanol–water partition coefficient (Wildman–Crippen LogP) is 1.70. The van der Waals surface area contributed by atoms with Gasteiger partial charge in [-0.1, -0.05) is 13.8 Å². The molecule has 106 valence electrons. The average molecular weight is 265 g/mol. The van der Waals surface area contributed by atoms with Gasteiger partial charge in [0, 0.05) is 45.0 Å². The van der Waals surface area contributed by atoms with Crippen LogP contribution in [0, 0.1) is 0 Å². The molecule has 5 heteroatoms. The highest BCUT2D eigenvalue weighted by atomic mass is 16.2. The van der Waals surface area contributed by atoms with Crippen molar-refractivity contribution in [2.75, 3.05) is 33.9 Å². The molecule has 1 rings (SSSR count). The van der Waals surface area contributed by atoms with Crippen LogP contribution in [-0.2, 0) is 0 Å². The van der Waals surface area contributed by atoms with E-state index in [2.05, 4.69) is 0 Å². The molecule has 0 radical (unpaired) electrons. The lowest BCUT2D eigenvalue weighted by atomic mass is 10.1. The third-order valence-electron chi connectivity index (χ3n) is 2.26. The third kappa shape index (κ3) is 4.62. The van der Waals surface area contributed by atoms with Gasteiger partial charge in [0.15, 0.2) is 0 Å². The van der Waals surface area contributed by atoms with Crippen molar-refractivity contribution in [1.82, 2.24) is 9.80 Å². The van der Waals surface area contributed by atoms with E-state index in [4.69, 9.17) is 5.73 Å². The van der Waals surface area contributed by atoms with Crippen molar-refractivity contribution in [3.8, 4) is 0 Å². The number of hydrogen-bond acceptors (Lipinski definition) is 3. The Kier molecular flexibility index (Phi) is 6.61. The summed E-state index contributed by atoms with van der Waals surface area (Å²) in [7, 11) is 6.61. The van der Waals surface area contributed by atoms with Crippen molar-refractivity contribution < 1.29 is 9.59 Å². The third-order valence-corrected chi connectivity index (χ3v) is 2.26. The van der Waals surface area contributed by atoms with E-state index in [0.29, 0.717) is 16.8 Å². The number of hydrogen-bond donors (Lipinski definition) is 1. The summed E-state index contributed by atoms with van der Waals surface area (Å²) in [6.45, 7) is 4.00. The Morgan fingerprint density at radius 3 is 1.42 bits per heavy atom. The Morgan fingerprint density at radius 2 is 1.16 bits per heavy atom. The fraction of sp³-hybridized carbons (Fsp3) is 0.429. The van der Waals surface area contributed by atoms with Crippen molar-refractivity contribution in [1.29, 1.82) is 0 Å². The number of anilines is 1. The van der Waals surface area contributed by atoms with E-state index in [-0.39, 0.29) is 11.8 Å². The van der Waals surface area contributed by atoms with Crippen LogP contribution < -0.4 is 5.73 Å². The quantitative estimate of drug-likeness (QED) is 0.828. The van der Waals surface area contributed by atoms with Gasteiger partial charge in [-0.3, -0.25) is 9.59 Å². The summed E-state index contributed by atoms with van der Waals surface area (Å²) in [5, 5.41) is 0. The largest absolute Gasteiger partial charge is 0.399 e. The molecule has 5 nitrogen and oxygen atoms in total. The number of carbonyl (C=O) groups excluding carboxylic acids is 2. The molecule has 1 aromatic carbocycles. The minimum Gasteiger partial charge on any atom is -0.399 e. The van der Waals surface area contributed by atoms with Crippen LogP contribution in [0.5, 0.6) is 0 Å². The molecule has 19 heavy (non-hydrogen) atoms. The maximum absolute atomic E-state index is 11.8. The maximum atomic E-state index is 11.8. The lowest BCUT2D eigenvalue weighted by Crippen LogP contribution is -2.24. The van der Waals surface area contributed by atoms with E-state index in [1.165, 1.54) is 9.80 Å². The number of amides is 2. The normalized spacial score (nSPS) is 9.16. The molecule has 0 saturated heterocycles. The van der Waals surface area contributed by atoms with E-state index >= 15 is 0 Å². The second-order valence-electron chi connectivity index (χ2n) is 4.24. The number of nitrogens with zero attached hydrogens (tertiary/aromatic N) is 2. The van der Waals surface area contributed by atoms with E-state index in [9.17, 15) is 9.59 Å². The molecular weight excluding hydrogens is 242 g/mol. The monoisotopic (exact) mass is 265 g/mol. The molecule has 2 N–H and O–H groups in total. The molecule has 0 aliphatic heterocycles. The fourth-order valence-electron chi connectivity index (χ4n) is 1.41. The molecule has 0 aliphatic carbocycles. The van der Waals surface area contributed by atoms with Crippen LogP contribution in [0.25, 0.3) is 0 Å². The topological polar surface area (TPSA) is 66.6 Å². The van der Waals surface area contributed by atoms with Gasteiger partial charge in [0.2, 0.25) is 0 Å². The van der Waals surface area contributed by atoms with Gasteiger partial charge in [-0.05, 0) is 18.2 Å². The molecule has 0 fully saturated rings. The Hall–Kier alpha value is -2.04. The lowest BCUT2D eigenvalue weighted by Gasteiger charge is -2.14. The minimum absolute atomic E-state index is 0.176. The molecule has 0 aliphatic rings. The molecule has 0 heterocycles. The van der Waals surface area contributed by atoms with Crippen LogP contribution in [0.3, 0.4) is 0 Å². The summed E-state index contributed by atoms with van der Waals surface area (Å²) in [6, 6.07) is 4.69. The molecule has 0 spiro atoms. The molecule has 0 bridgehead atoms. The first-order valence-electron chi connectivity index (χ1n) is 6.17. The van der Waals surface area contributed by atoms with Crippen LogP contribution in [0.15, 0.2) is 18.2 Å². The second-order valence-corrected chi connectivity index (χ2v) is 4.24. The summed E-state index contributed by atoms with van der Waals surface area (Å²) in [6.07, 6.45) is 0. The van der Waals surface area contributed by atoms with Gasteiger partial charge in [0.05, 0.1) is 0 Å². The zero-order valence-corrected chi connectivity index (χ0v) is 12.5. The number of benzene rings is 1. The van der Waals surface area contributed by atoms with Crippen LogP contribution >= 0.6 is 0 Å². The van der Waals surface area contributed by atoms with Gasteiger partial charge in [-0.25, -0.2) is 0 Å². The molecule has 0 aromatic heterocycles. The van der Waals surface area contributed by atoms with Crippen molar-refractivity contribution in [3.05, 3.63) is 29.3 Å². The number of carbonyl (C=O) groups is 2. The standard InChI is InChI=1S/C12H17N3O2.C2H6/c1-14(2)11(16)8-5-9(7-10(13)6-8)12(17)15(3)4;1-2/h5-7H,13H2,1-4H3;1-2H3. The van der Waals surface area contributed by atoms with Crippen LogP contribution in [-0.4, -0.2) is 49.8 Å². The molecule has 0 unspecified atom stereocenters. The summed E-state index contributed by atoms with van der Waals surface area (Å²) in [5.74, 6) is -0.352. The van der Waals surface area contributed by atoms with Crippen LogP contribution in [0.4, 0.5) is 5.69 Å². The fourth-order valence-corrected chi connectivity index (χ4v) is 1.41. The average Bonchev–Trinajstić information content (AvgIpc) is 2.38. The van der Waals surface area contributed by atoms with Crippen molar-refractivity contribution in [3.63, 3.8) is 0 Å². The van der Waals surface area contributed by atoms with Gasteiger partial charge < -0.3 is 15.5 Å². The Bertz CT molecular complexity index is 416. The van der Waals surface area contributed by atoms with E-state index in [1.54, 1.807) is 46.4 Å². The smallest absolute Gasteiger partial charge is 0.253 e. The number of nitrogen functional groups attached to an aromatic ring is 1. The summed E-state index contributed by atoms with van der Waals surface area (Å²) < 4.78 is 0. The van der Waals surface area contributed by atoms with Crippen molar-refractivity contribution >= 4 is 17.5 Å². The van der Waals surface area contributed by atoms with Gasteiger partial charge in [-0.15, -0.1) is 0 Å².